The zero-order chi connectivity index (χ0) is 8.15. The van der Waals surface area contributed by atoms with E-state index in [0.29, 0.717) is 6.42 Å². The summed E-state index contributed by atoms with van der Waals surface area (Å²) in [5.74, 6) is -0.672. The fourth-order valence-corrected chi connectivity index (χ4v) is 0.519. The van der Waals surface area contributed by atoms with Gasteiger partial charge in [0, 0.05) is 6.04 Å². The Labute approximate surface area is 60.0 Å². The first-order valence-corrected chi connectivity index (χ1v) is 3.15. The third kappa shape index (κ3) is 2.33. The van der Waals surface area contributed by atoms with Crippen molar-refractivity contribution < 1.29 is 14.6 Å². The second-order valence-electron chi connectivity index (χ2n) is 2.04. The van der Waals surface area contributed by atoms with Crippen molar-refractivity contribution >= 4 is 5.97 Å². The van der Waals surface area contributed by atoms with E-state index in [0.717, 1.165) is 0 Å². The molecule has 0 rings (SSSR count). The fraction of sp³-hybridized carbons (Fsp3) is 0.833. The lowest BCUT2D eigenvalue weighted by Gasteiger charge is -2.13. The van der Waals surface area contributed by atoms with Gasteiger partial charge in [-0.05, 0) is 6.42 Å². The zero-order valence-corrected chi connectivity index (χ0v) is 6.20. The number of hydrogen-bond acceptors (Lipinski definition) is 4. The van der Waals surface area contributed by atoms with Gasteiger partial charge in [-0.3, -0.25) is 0 Å². The largest absolute Gasteiger partial charge is 0.467 e. The van der Waals surface area contributed by atoms with Gasteiger partial charge in [-0.2, -0.15) is 0 Å². The van der Waals surface area contributed by atoms with Gasteiger partial charge in [-0.1, -0.05) is 6.92 Å². The van der Waals surface area contributed by atoms with Crippen molar-refractivity contribution in [3.8, 4) is 0 Å². The molecule has 0 amide bonds. The molecule has 0 fully saturated rings. The average molecular weight is 147 g/mol. The first-order valence-electron chi connectivity index (χ1n) is 3.15. The third-order valence-corrected chi connectivity index (χ3v) is 1.32. The van der Waals surface area contributed by atoms with Gasteiger partial charge >= 0.3 is 5.97 Å². The Morgan fingerprint density at radius 3 is 2.60 bits per heavy atom. The van der Waals surface area contributed by atoms with Crippen LogP contribution in [0.15, 0.2) is 0 Å². The normalized spacial score (nSPS) is 16.0. The monoisotopic (exact) mass is 147 g/mol. The van der Waals surface area contributed by atoms with Gasteiger partial charge in [0.05, 0.1) is 7.11 Å². The van der Waals surface area contributed by atoms with E-state index >= 15 is 0 Å². The molecular weight excluding hydrogens is 134 g/mol. The maximum Gasteiger partial charge on any atom is 0.336 e. The number of carbonyl (C=O) groups excluding carboxylic acids is 1. The van der Waals surface area contributed by atoms with Crippen molar-refractivity contribution in [2.45, 2.75) is 25.5 Å². The van der Waals surface area contributed by atoms with Gasteiger partial charge in [0.2, 0.25) is 0 Å². The highest BCUT2D eigenvalue weighted by atomic mass is 16.5. The van der Waals surface area contributed by atoms with Crippen LogP contribution in [0.25, 0.3) is 0 Å². The summed E-state index contributed by atoms with van der Waals surface area (Å²) in [6.45, 7) is 1.79. The van der Waals surface area contributed by atoms with Crippen LogP contribution >= 0.6 is 0 Å². The first kappa shape index (κ1) is 9.39. The van der Waals surface area contributed by atoms with Crippen molar-refractivity contribution in [1.82, 2.24) is 0 Å². The van der Waals surface area contributed by atoms with Crippen LogP contribution in [-0.4, -0.2) is 30.3 Å². The Balaban J connectivity index is 3.81. The Morgan fingerprint density at radius 1 is 1.80 bits per heavy atom. The molecule has 0 heterocycles. The van der Waals surface area contributed by atoms with Crippen LogP contribution in [0.3, 0.4) is 0 Å². The zero-order valence-electron chi connectivity index (χ0n) is 6.20. The SMILES string of the molecule is CC[C@@H](N)[C@H](O)C(=O)OC. The summed E-state index contributed by atoms with van der Waals surface area (Å²) < 4.78 is 4.27. The molecule has 4 heteroatoms. The van der Waals surface area contributed by atoms with Crippen LogP contribution in [0, 0.1) is 0 Å². The number of nitrogens with two attached hydrogens (primary N) is 1. The smallest absolute Gasteiger partial charge is 0.336 e. The predicted octanol–water partition coefficient (Wildman–Crippen LogP) is -0.742. The lowest BCUT2D eigenvalue weighted by atomic mass is 10.1. The molecule has 0 radical (unpaired) electrons. The van der Waals surface area contributed by atoms with Crippen molar-refractivity contribution in [2.75, 3.05) is 7.11 Å². The lowest BCUT2D eigenvalue weighted by molar-refractivity contribution is -0.151. The topological polar surface area (TPSA) is 72.5 Å². The van der Waals surface area contributed by atoms with Crippen molar-refractivity contribution in [3.05, 3.63) is 0 Å². The minimum atomic E-state index is -1.19. The molecule has 0 saturated heterocycles. The molecule has 0 aliphatic carbocycles. The van der Waals surface area contributed by atoms with Gasteiger partial charge in [-0.25, -0.2) is 4.79 Å². The Morgan fingerprint density at radius 2 is 2.30 bits per heavy atom. The van der Waals surface area contributed by atoms with Crippen LogP contribution in [0.1, 0.15) is 13.3 Å². The lowest BCUT2D eigenvalue weighted by Crippen LogP contribution is -2.40. The number of aliphatic hydroxyl groups excluding tert-OH is 1. The second kappa shape index (κ2) is 4.24. The molecule has 0 spiro atoms. The molecule has 60 valence electrons. The molecule has 0 aliphatic rings. The second-order valence-corrected chi connectivity index (χ2v) is 2.04. The Bertz CT molecular complexity index is 116. The molecule has 0 bridgehead atoms. The molecule has 0 aromatic heterocycles. The van der Waals surface area contributed by atoms with E-state index in [-0.39, 0.29) is 0 Å². The fourth-order valence-electron chi connectivity index (χ4n) is 0.519. The van der Waals surface area contributed by atoms with E-state index in [9.17, 15) is 4.79 Å². The summed E-state index contributed by atoms with van der Waals surface area (Å²) in [4.78, 5) is 10.6. The van der Waals surface area contributed by atoms with E-state index in [1.165, 1.54) is 7.11 Å². The van der Waals surface area contributed by atoms with Crippen molar-refractivity contribution in [3.63, 3.8) is 0 Å². The Hall–Kier alpha value is -0.610. The number of rotatable bonds is 3. The quantitative estimate of drug-likeness (QED) is 0.515. The van der Waals surface area contributed by atoms with Crippen LogP contribution in [0.2, 0.25) is 0 Å². The van der Waals surface area contributed by atoms with Gasteiger partial charge in [-0.15, -0.1) is 0 Å². The summed E-state index contributed by atoms with van der Waals surface area (Å²) in [6.07, 6.45) is -0.633. The Kier molecular flexibility index (Phi) is 3.99. The molecule has 3 N–H and O–H groups in total. The molecule has 4 nitrogen and oxygen atoms in total. The van der Waals surface area contributed by atoms with Gasteiger partial charge in [0.1, 0.15) is 0 Å². The number of aliphatic hydroxyl groups is 1. The third-order valence-electron chi connectivity index (χ3n) is 1.32. The maximum absolute atomic E-state index is 10.6. The summed E-state index contributed by atoms with van der Waals surface area (Å²) in [6, 6.07) is -0.521. The highest BCUT2D eigenvalue weighted by Gasteiger charge is 2.21. The maximum atomic E-state index is 10.6. The summed E-state index contributed by atoms with van der Waals surface area (Å²) in [5.41, 5.74) is 5.34. The van der Waals surface area contributed by atoms with Crippen molar-refractivity contribution in [1.29, 1.82) is 0 Å². The summed E-state index contributed by atoms with van der Waals surface area (Å²) >= 11 is 0. The highest BCUT2D eigenvalue weighted by Crippen LogP contribution is 1.96. The number of esters is 1. The molecule has 0 saturated carbocycles. The van der Waals surface area contributed by atoms with Gasteiger partial charge < -0.3 is 15.6 Å². The van der Waals surface area contributed by atoms with E-state index in [2.05, 4.69) is 4.74 Å². The molecule has 0 aromatic rings. The molecular formula is C6H13NO3. The van der Waals surface area contributed by atoms with Crippen LogP contribution in [0.4, 0.5) is 0 Å². The molecule has 0 aliphatic heterocycles. The average Bonchev–Trinajstić information content (AvgIpc) is 2.00. The summed E-state index contributed by atoms with van der Waals surface area (Å²) in [7, 11) is 1.22. The van der Waals surface area contributed by atoms with Gasteiger partial charge in [0.15, 0.2) is 6.10 Å². The van der Waals surface area contributed by atoms with Crippen molar-refractivity contribution in [2.24, 2.45) is 5.73 Å². The molecule has 0 aromatic carbocycles. The number of methoxy groups -OCH3 is 1. The van der Waals surface area contributed by atoms with Gasteiger partial charge in [0.25, 0.3) is 0 Å². The number of hydrogen-bond donors (Lipinski definition) is 2. The van der Waals surface area contributed by atoms with Crippen LogP contribution in [0.5, 0.6) is 0 Å². The minimum Gasteiger partial charge on any atom is -0.467 e. The minimum absolute atomic E-state index is 0.521. The standard InChI is InChI=1S/C6H13NO3/c1-3-4(7)5(8)6(9)10-2/h4-5,8H,3,7H2,1-2H3/t4-,5+/m1/s1. The van der Waals surface area contributed by atoms with Crippen LogP contribution < -0.4 is 5.73 Å². The van der Waals surface area contributed by atoms with E-state index < -0.39 is 18.1 Å². The number of ether oxygens (including phenoxy) is 1. The van der Waals surface area contributed by atoms with E-state index in [1.54, 1.807) is 6.92 Å². The van der Waals surface area contributed by atoms with E-state index in [4.69, 9.17) is 10.8 Å². The first-order chi connectivity index (χ1) is 4.63. The highest BCUT2D eigenvalue weighted by molar-refractivity contribution is 5.75. The molecule has 10 heavy (non-hydrogen) atoms. The van der Waals surface area contributed by atoms with Crippen LogP contribution in [-0.2, 0) is 9.53 Å². The molecule has 2 atom stereocenters. The number of carbonyl (C=O) groups is 1. The predicted molar refractivity (Wildman–Crippen MR) is 36.3 cm³/mol. The molecule has 0 unspecified atom stereocenters. The van der Waals surface area contributed by atoms with E-state index in [1.807, 2.05) is 0 Å². The summed E-state index contributed by atoms with van der Waals surface area (Å²) in [5, 5.41) is 8.99.